The summed E-state index contributed by atoms with van der Waals surface area (Å²) in [5, 5.41) is 0.821. The first-order valence-electron chi connectivity index (χ1n) is 12.7. The molecule has 0 aliphatic carbocycles. The Morgan fingerprint density at radius 1 is 0.538 bits per heavy atom. The summed E-state index contributed by atoms with van der Waals surface area (Å²) in [4.78, 5) is 54.7. The van der Waals surface area contributed by atoms with Crippen molar-refractivity contribution in [1.82, 2.24) is 9.13 Å². The number of aromatic nitrogens is 2. The number of nitrogens with zero attached hydrogens (tertiary/aromatic N) is 2. The van der Waals surface area contributed by atoms with Crippen LogP contribution in [-0.4, -0.2) is 9.13 Å². The average molecular weight is 571 g/mol. The normalized spacial score (nSPS) is 12.2. The van der Waals surface area contributed by atoms with Crippen molar-refractivity contribution in [2.75, 3.05) is 0 Å². The van der Waals surface area contributed by atoms with Gasteiger partial charge in [0.2, 0.25) is 0 Å². The van der Waals surface area contributed by atoms with E-state index in [1.54, 1.807) is 0 Å². The van der Waals surface area contributed by atoms with E-state index in [1.165, 1.54) is 43.1 Å². The van der Waals surface area contributed by atoms with Crippen molar-refractivity contribution in [1.29, 1.82) is 0 Å². The second kappa shape index (κ2) is 8.42. The van der Waals surface area contributed by atoms with Gasteiger partial charge >= 0.3 is 0 Å². The predicted octanol–water partition coefficient (Wildman–Crippen LogP) is 6.12. The highest BCUT2D eigenvalue weighted by molar-refractivity contribution is 7.43. The van der Waals surface area contributed by atoms with E-state index >= 15 is 0 Å². The molecule has 0 radical (unpaired) electrons. The summed E-state index contributed by atoms with van der Waals surface area (Å²) in [6, 6.07) is 11.6. The Balaban J connectivity index is 1.55. The van der Waals surface area contributed by atoms with Gasteiger partial charge in [0.1, 0.15) is 9.40 Å². The molecule has 0 amide bonds. The molecule has 0 saturated heterocycles. The number of benzene rings is 2. The van der Waals surface area contributed by atoms with E-state index in [0.29, 0.717) is 44.4 Å². The van der Waals surface area contributed by atoms with Crippen LogP contribution in [0.1, 0.15) is 36.1 Å². The second-order valence-electron chi connectivity index (χ2n) is 9.79. The molecule has 0 aliphatic heterocycles. The van der Waals surface area contributed by atoms with Crippen molar-refractivity contribution < 1.29 is 0 Å². The zero-order valence-corrected chi connectivity index (χ0v) is 24.1. The lowest BCUT2D eigenvalue weighted by molar-refractivity contribution is 0.944. The summed E-state index contributed by atoms with van der Waals surface area (Å²) < 4.78 is 6.52. The van der Waals surface area contributed by atoms with Crippen molar-refractivity contribution in [3.63, 3.8) is 0 Å². The molecule has 0 unspecified atom stereocenters. The Morgan fingerprint density at radius 3 is 1.31 bits per heavy atom. The molecule has 0 fully saturated rings. The molecule has 9 heteroatoms. The molecule has 0 bridgehead atoms. The Bertz CT molecular complexity index is 2200. The first-order valence-corrected chi connectivity index (χ1v) is 15.2. The van der Waals surface area contributed by atoms with Gasteiger partial charge in [0.05, 0.1) is 40.9 Å². The van der Waals surface area contributed by atoms with Gasteiger partial charge in [-0.05, 0) is 48.9 Å². The SMILES string of the molecule is CCc1cccc(C)c1-n1c(=O)c2sc3c4sc5c(=O)n(-c6c(C)cccc6CC)c(=O)c5c4sc3c2c1=O. The maximum absolute atomic E-state index is 13.8. The lowest BCUT2D eigenvalue weighted by atomic mass is 10.1. The third-order valence-electron chi connectivity index (χ3n) is 7.62. The Morgan fingerprint density at radius 2 is 0.923 bits per heavy atom. The first-order chi connectivity index (χ1) is 18.8. The van der Waals surface area contributed by atoms with Crippen molar-refractivity contribution in [2.24, 2.45) is 0 Å². The lowest BCUT2D eigenvalue weighted by Gasteiger charge is -2.10. The fraction of sp³-hybridized carbons (Fsp3) is 0.200. The highest BCUT2D eigenvalue weighted by Gasteiger charge is 2.28. The van der Waals surface area contributed by atoms with Crippen LogP contribution in [0.3, 0.4) is 0 Å². The molecule has 0 saturated carbocycles. The van der Waals surface area contributed by atoms with Gasteiger partial charge in [-0.25, -0.2) is 9.13 Å². The molecule has 2 aromatic carbocycles. The quantitative estimate of drug-likeness (QED) is 0.255. The van der Waals surface area contributed by atoms with Crippen LogP contribution < -0.4 is 22.2 Å². The van der Waals surface area contributed by atoms with Gasteiger partial charge in [-0.15, -0.1) is 34.0 Å². The van der Waals surface area contributed by atoms with Crippen LogP contribution in [0.2, 0.25) is 0 Å². The first kappa shape index (κ1) is 24.4. The minimum absolute atomic E-state index is 0.311. The van der Waals surface area contributed by atoms with E-state index in [4.69, 9.17) is 0 Å². The van der Waals surface area contributed by atoms with Crippen LogP contribution in [0.25, 0.3) is 50.3 Å². The van der Waals surface area contributed by atoms with Gasteiger partial charge in [-0.2, -0.15) is 0 Å². The molecular weight excluding hydrogens is 549 g/mol. The second-order valence-corrected chi connectivity index (χ2v) is 12.9. The van der Waals surface area contributed by atoms with Crippen molar-refractivity contribution in [2.45, 2.75) is 40.5 Å². The van der Waals surface area contributed by atoms with Crippen molar-refractivity contribution >= 4 is 73.0 Å². The van der Waals surface area contributed by atoms with E-state index in [0.717, 1.165) is 41.1 Å². The summed E-state index contributed by atoms with van der Waals surface area (Å²) in [7, 11) is 0. The molecule has 0 atom stereocenters. The molecule has 7 rings (SSSR count). The zero-order valence-electron chi connectivity index (χ0n) is 21.6. The molecule has 39 heavy (non-hydrogen) atoms. The molecule has 5 heterocycles. The number of thiophene rings is 3. The fourth-order valence-electron chi connectivity index (χ4n) is 5.78. The predicted molar refractivity (Wildman–Crippen MR) is 164 cm³/mol. The van der Waals surface area contributed by atoms with E-state index in [1.807, 2.05) is 64.1 Å². The maximum atomic E-state index is 13.8. The standard InChI is InChI=1S/C30H22N2O4S3/c1-5-15-11-7-9-13(3)19(15)31-27(33)17-21-25(38-23(17)29(31)35)26-22(37-21)18-24(39-26)30(36)32(28(18)34)20-14(4)10-8-12-16(20)6-2/h7-12H,5-6H2,1-4H3. The van der Waals surface area contributed by atoms with Crippen LogP contribution in [0, 0.1) is 13.8 Å². The maximum Gasteiger partial charge on any atom is 0.276 e. The van der Waals surface area contributed by atoms with E-state index in [-0.39, 0.29) is 22.2 Å². The van der Waals surface area contributed by atoms with Gasteiger partial charge < -0.3 is 0 Å². The topological polar surface area (TPSA) is 78.1 Å². The molecule has 5 aromatic heterocycles. The van der Waals surface area contributed by atoms with Gasteiger partial charge in [-0.1, -0.05) is 50.2 Å². The summed E-state index contributed by atoms with van der Waals surface area (Å²) in [6.45, 7) is 7.84. The number of fused-ring (bicyclic) bond motifs is 7. The number of hydrogen-bond acceptors (Lipinski definition) is 7. The number of rotatable bonds is 4. The smallest absolute Gasteiger partial charge is 0.268 e. The van der Waals surface area contributed by atoms with E-state index < -0.39 is 0 Å². The number of para-hydroxylation sites is 2. The monoisotopic (exact) mass is 570 g/mol. The summed E-state index contributed by atoms with van der Waals surface area (Å²) in [5.41, 5.74) is 3.68. The summed E-state index contributed by atoms with van der Waals surface area (Å²) >= 11 is 3.92. The molecule has 0 spiro atoms. The van der Waals surface area contributed by atoms with Crippen LogP contribution >= 0.6 is 34.0 Å². The van der Waals surface area contributed by atoms with Crippen LogP contribution in [-0.2, 0) is 12.8 Å². The summed E-state index contributed by atoms with van der Waals surface area (Å²) in [5.74, 6) is 0. The molecule has 0 aliphatic rings. The van der Waals surface area contributed by atoms with E-state index in [2.05, 4.69) is 0 Å². The highest BCUT2D eigenvalue weighted by atomic mass is 32.1. The van der Waals surface area contributed by atoms with Gasteiger partial charge in [0.25, 0.3) is 22.2 Å². The number of hydrogen-bond donors (Lipinski definition) is 0. The Hall–Kier alpha value is -3.66. The van der Waals surface area contributed by atoms with Gasteiger partial charge in [0.15, 0.2) is 0 Å². The fourth-order valence-corrected chi connectivity index (χ4v) is 10.1. The zero-order chi connectivity index (χ0) is 27.3. The van der Waals surface area contributed by atoms with Gasteiger partial charge in [0, 0.05) is 0 Å². The van der Waals surface area contributed by atoms with Crippen molar-refractivity contribution in [3.8, 4) is 11.4 Å². The largest absolute Gasteiger partial charge is 0.276 e. The van der Waals surface area contributed by atoms with Crippen LogP contribution in [0.4, 0.5) is 0 Å². The molecular formula is C30H22N2O4S3. The minimum Gasteiger partial charge on any atom is -0.268 e. The third-order valence-corrected chi connectivity index (χ3v) is 11.6. The lowest BCUT2D eigenvalue weighted by Crippen LogP contribution is -2.25. The molecule has 7 aromatic rings. The molecule has 6 nitrogen and oxygen atoms in total. The van der Waals surface area contributed by atoms with Crippen LogP contribution in [0.5, 0.6) is 0 Å². The van der Waals surface area contributed by atoms with Gasteiger partial charge in [-0.3, -0.25) is 19.2 Å². The number of aryl methyl sites for hydroxylation is 4. The Labute approximate surface area is 233 Å². The van der Waals surface area contributed by atoms with E-state index in [9.17, 15) is 19.2 Å². The third kappa shape index (κ3) is 3.06. The Kier molecular flexibility index (Phi) is 5.26. The van der Waals surface area contributed by atoms with Crippen LogP contribution in [0.15, 0.2) is 55.6 Å². The summed E-state index contributed by atoms with van der Waals surface area (Å²) in [6.07, 6.45) is 1.40. The average Bonchev–Trinajstić information content (AvgIpc) is 3.66. The highest BCUT2D eigenvalue weighted by Crippen LogP contribution is 2.48. The molecule has 194 valence electrons. The minimum atomic E-state index is -0.327. The van der Waals surface area contributed by atoms with Crippen molar-refractivity contribution in [3.05, 3.63) is 100 Å². The molecule has 0 N–H and O–H groups in total.